The largest absolute Gasteiger partial charge is 0.497 e. The fraction of sp³-hybridized carbons (Fsp3) is 0.195. The predicted molar refractivity (Wildman–Crippen MR) is 184 cm³/mol. The van der Waals surface area contributed by atoms with E-state index in [1.165, 1.54) is 0 Å². The van der Waals surface area contributed by atoms with Gasteiger partial charge < -0.3 is 24.1 Å². The average molecular weight is 626 g/mol. The van der Waals surface area contributed by atoms with Crippen molar-refractivity contribution in [2.45, 2.75) is 37.9 Å². The second-order valence-corrected chi connectivity index (χ2v) is 11.4. The number of aliphatic hydroxyl groups excluding tert-OH is 1. The van der Waals surface area contributed by atoms with Crippen molar-refractivity contribution in [3.8, 4) is 11.5 Å². The van der Waals surface area contributed by atoms with Gasteiger partial charge in [-0.15, -0.1) is 0 Å². The molecule has 6 nitrogen and oxygen atoms in total. The Bertz CT molecular complexity index is 1750. The van der Waals surface area contributed by atoms with E-state index in [1.54, 1.807) is 14.2 Å². The number of rotatable bonds is 13. The fourth-order valence-corrected chi connectivity index (χ4v) is 5.91. The molecule has 1 N–H and O–H groups in total. The topological polar surface area (TPSA) is 70.0 Å². The molecule has 0 spiro atoms. The maximum absolute atomic E-state index is 9.44. The molecule has 1 aromatic heterocycles. The Morgan fingerprint density at radius 1 is 0.702 bits per heavy atom. The molecule has 0 radical (unpaired) electrons. The van der Waals surface area contributed by atoms with Gasteiger partial charge in [-0.3, -0.25) is 4.98 Å². The lowest BCUT2D eigenvalue weighted by Gasteiger charge is -2.36. The number of ether oxygens (including phenoxy) is 4. The summed E-state index contributed by atoms with van der Waals surface area (Å²) in [4.78, 5) is 4.83. The third-order valence-electron chi connectivity index (χ3n) is 8.42. The number of pyridine rings is 1. The summed E-state index contributed by atoms with van der Waals surface area (Å²) in [7, 11) is 3.34. The molecule has 4 aromatic carbocycles. The molecule has 6 rings (SSSR count). The normalized spacial score (nSPS) is 14.4. The minimum Gasteiger partial charge on any atom is -0.497 e. The van der Waals surface area contributed by atoms with Crippen LogP contribution in [0.3, 0.4) is 0 Å². The summed E-state index contributed by atoms with van der Waals surface area (Å²) in [5.41, 5.74) is 6.82. The minimum absolute atomic E-state index is 0.0208. The Morgan fingerprint density at radius 3 is 1.98 bits per heavy atom. The fourth-order valence-electron chi connectivity index (χ4n) is 5.91. The van der Waals surface area contributed by atoms with Crippen LogP contribution in [-0.2, 0) is 34.9 Å². The van der Waals surface area contributed by atoms with Gasteiger partial charge in [-0.2, -0.15) is 0 Å². The standard InChI is InChI=1S/C41H39NO5/c1-44-37-19-15-35(16-20-37)41(34-11-4-3-5-12-34,36-17-21-38(45-2)22-18-36)47-29-32-14-23-40(42-26-32)33-10-7-13-39(25-33)46-28-31-9-6-8-30(24-31)27-43/h3-12,14-26,39,43H,13,27-29H2,1-2H3. The zero-order valence-corrected chi connectivity index (χ0v) is 26.7. The van der Waals surface area contributed by atoms with Crippen molar-refractivity contribution in [3.05, 3.63) is 179 Å². The summed E-state index contributed by atoms with van der Waals surface area (Å²) in [6.45, 7) is 0.826. The number of benzene rings is 4. The zero-order valence-electron chi connectivity index (χ0n) is 26.7. The molecule has 1 atom stereocenters. The van der Waals surface area contributed by atoms with E-state index in [2.05, 4.69) is 60.7 Å². The van der Waals surface area contributed by atoms with E-state index in [9.17, 15) is 5.11 Å². The lowest BCUT2D eigenvalue weighted by atomic mass is 9.80. The van der Waals surface area contributed by atoms with Crippen LogP contribution in [-0.4, -0.2) is 30.4 Å². The highest BCUT2D eigenvalue weighted by atomic mass is 16.5. The van der Waals surface area contributed by atoms with Gasteiger partial charge in [-0.05, 0) is 81.8 Å². The van der Waals surface area contributed by atoms with Crippen LogP contribution in [0, 0.1) is 0 Å². The summed E-state index contributed by atoms with van der Waals surface area (Å²) in [5.74, 6) is 1.56. The predicted octanol–water partition coefficient (Wildman–Crippen LogP) is 8.03. The van der Waals surface area contributed by atoms with E-state index >= 15 is 0 Å². The van der Waals surface area contributed by atoms with Gasteiger partial charge in [0.2, 0.25) is 0 Å². The summed E-state index contributed by atoms with van der Waals surface area (Å²) in [5, 5.41) is 9.44. The van der Waals surface area contributed by atoms with Crippen LogP contribution in [0.15, 0.2) is 140 Å². The summed E-state index contributed by atoms with van der Waals surface area (Å²) in [6, 6.07) is 38.3. The third-order valence-corrected chi connectivity index (χ3v) is 8.42. The van der Waals surface area contributed by atoms with E-state index < -0.39 is 5.60 Å². The highest BCUT2D eigenvalue weighted by molar-refractivity contribution is 5.73. The lowest BCUT2D eigenvalue weighted by molar-refractivity contribution is 0.0000677. The lowest BCUT2D eigenvalue weighted by Crippen LogP contribution is -2.32. The Balaban J connectivity index is 1.25. The second kappa shape index (κ2) is 15.1. The smallest absolute Gasteiger partial charge is 0.144 e. The Kier molecular flexibility index (Phi) is 10.2. The Labute approximate surface area is 276 Å². The SMILES string of the molecule is COc1ccc(C(OCc2ccc(C3=CC(OCc4cccc(CO)c4)CC=C3)nc2)(c2ccccc2)c2ccc(OC)cc2)cc1. The molecule has 1 aliphatic rings. The van der Waals surface area contributed by atoms with Crippen molar-refractivity contribution in [3.63, 3.8) is 0 Å². The van der Waals surface area contributed by atoms with E-state index in [0.717, 1.165) is 62.6 Å². The van der Waals surface area contributed by atoms with E-state index in [0.29, 0.717) is 13.2 Å². The van der Waals surface area contributed by atoms with E-state index in [4.69, 9.17) is 23.9 Å². The van der Waals surface area contributed by atoms with Gasteiger partial charge in [-0.1, -0.05) is 97.1 Å². The van der Waals surface area contributed by atoms with Gasteiger partial charge in [0.15, 0.2) is 0 Å². The van der Waals surface area contributed by atoms with Crippen LogP contribution in [0.2, 0.25) is 0 Å². The zero-order chi connectivity index (χ0) is 32.5. The van der Waals surface area contributed by atoms with Gasteiger partial charge in [-0.25, -0.2) is 0 Å². The number of methoxy groups -OCH3 is 2. The van der Waals surface area contributed by atoms with Crippen molar-refractivity contribution < 1.29 is 24.1 Å². The molecular weight excluding hydrogens is 586 g/mol. The van der Waals surface area contributed by atoms with Crippen LogP contribution < -0.4 is 9.47 Å². The first-order valence-corrected chi connectivity index (χ1v) is 15.7. The number of aliphatic hydroxyl groups is 1. The van der Waals surface area contributed by atoms with E-state index in [-0.39, 0.29) is 12.7 Å². The van der Waals surface area contributed by atoms with Crippen LogP contribution in [0.4, 0.5) is 0 Å². The highest BCUT2D eigenvalue weighted by Gasteiger charge is 2.38. The Hall–Kier alpha value is -5.01. The van der Waals surface area contributed by atoms with Crippen molar-refractivity contribution in [2.24, 2.45) is 0 Å². The third kappa shape index (κ3) is 7.36. The van der Waals surface area contributed by atoms with Crippen LogP contribution in [0.5, 0.6) is 11.5 Å². The van der Waals surface area contributed by atoms with Gasteiger partial charge in [0.05, 0.1) is 45.8 Å². The highest BCUT2D eigenvalue weighted by Crippen LogP contribution is 2.42. The van der Waals surface area contributed by atoms with Gasteiger partial charge in [0.25, 0.3) is 0 Å². The molecule has 0 aliphatic heterocycles. The number of allylic oxidation sites excluding steroid dienone is 2. The van der Waals surface area contributed by atoms with Crippen molar-refractivity contribution in [1.82, 2.24) is 4.98 Å². The first kappa shape index (κ1) is 32.0. The second-order valence-electron chi connectivity index (χ2n) is 11.4. The van der Waals surface area contributed by atoms with Gasteiger partial charge in [0.1, 0.15) is 17.1 Å². The quantitative estimate of drug-likeness (QED) is 0.134. The first-order chi connectivity index (χ1) is 23.1. The van der Waals surface area contributed by atoms with Crippen molar-refractivity contribution in [2.75, 3.05) is 14.2 Å². The monoisotopic (exact) mass is 625 g/mol. The Morgan fingerprint density at radius 2 is 1.36 bits per heavy atom. The maximum Gasteiger partial charge on any atom is 0.144 e. The van der Waals surface area contributed by atoms with Crippen molar-refractivity contribution in [1.29, 1.82) is 0 Å². The molecule has 0 amide bonds. The van der Waals surface area contributed by atoms with Crippen LogP contribution >= 0.6 is 0 Å². The van der Waals surface area contributed by atoms with Crippen LogP contribution in [0.1, 0.15) is 45.5 Å². The molecule has 1 unspecified atom stereocenters. The molecule has 0 bridgehead atoms. The van der Waals surface area contributed by atoms with Gasteiger partial charge >= 0.3 is 0 Å². The molecule has 238 valence electrons. The molecular formula is C41H39NO5. The molecule has 0 saturated carbocycles. The summed E-state index contributed by atoms with van der Waals surface area (Å²) in [6.07, 6.45) is 8.97. The molecule has 0 fully saturated rings. The minimum atomic E-state index is -0.908. The van der Waals surface area contributed by atoms with Crippen LogP contribution in [0.25, 0.3) is 5.57 Å². The number of nitrogens with zero attached hydrogens (tertiary/aromatic N) is 1. The van der Waals surface area contributed by atoms with Gasteiger partial charge in [0, 0.05) is 6.20 Å². The number of hydrogen-bond donors (Lipinski definition) is 1. The number of aromatic nitrogens is 1. The molecule has 1 heterocycles. The summed E-state index contributed by atoms with van der Waals surface area (Å²) >= 11 is 0. The molecule has 5 aromatic rings. The molecule has 1 aliphatic carbocycles. The molecule has 47 heavy (non-hydrogen) atoms. The number of hydrogen-bond acceptors (Lipinski definition) is 6. The summed E-state index contributed by atoms with van der Waals surface area (Å²) < 4.78 is 24.2. The first-order valence-electron chi connectivity index (χ1n) is 15.7. The van der Waals surface area contributed by atoms with E-state index in [1.807, 2.05) is 79.0 Å². The molecule has 0 saturated heterocycles. The maximum atomic E-state index is 9.44. The van der Waals surface area contributed by atoms with Crippen molar-refractivity contribution >= 4 is 5.57 Å². The molecule has 6 heteroatoms. The average Bonchev–Trinajstić information content (AvgIpc) is 3.15.